The van der Waals surface area contributed by atoms with Crippen molar-refractivity contribution >= 4 is 44.0 Å². The predicted octanol–water partition coefficient (Wildman–Crippen LogP) is 5.52. The second kappa shape index (κ2) is 6.07. The van der Waals surface area contributed by atoms with Gasteiger partial charge in [-0.3, -0.25) is 4.79 Å². The van der Waals surface area contributed by atoms with E-state index in [1.54, 1.807) is 12.1 Å². The second-order valence-electron chi connectivity index (χ2n) is 6.24. The molecule has 27 heavy (non-hydrogen) atoms. The van der Waals surface area contributed by atoms with E-state index < -0.39 is 0 Å². The molecule has 3 heterocycles. The Hall–Kier alpha value is -3.44. The van der Waals surface area contributed by atoms with E-state index in [1.165, 1.54) is 11.3 Å². The van der Waals surface area contributed by atoms with Crippen molar-refractivity contribution in [3.05, 3.63) is 83.2 Å². The molecule has 2 N–H and O–H groups in total. The van der Waals surface area contributed by atoms with Crippen LogP contribution in [0.2, 0.25) is 0 Å². The Balaban J connectivity index is 1.61. The Kier molecular flexibility index (Phi) is 3.55. The highest BCUT2D eigenvalue weighted by Crippen LogP contribution is 2.36. The van der Waals surface area contributed by atoms with Gasteiger partial charge in [-0.2, -0.15) is 0 Å². The molecule has 5 aromatic rings. The number of nitrogen functional groups attached to an aromatic ring is 1. The van der Waals surface area contributed by atoms with Crippen molar-refractivity contribution in [1.29, 1.82) is 0 Å². The molecule has 0 radical (unpaired) electrons. The molecule has 0 fully saturated rings. The van der Waals surface area contributed by atoms with E-state index in [-0.39, 0.29) is 5.78 Å². The zero-order valence-corrected chi connectivity index (χ0v) is 15.0. The Morgan fingerprint density at radius 3 is 2.56 bits per heavy atom. The first kappa shape index (κ1) is 15.8. The number of benzene rings is 2. The van der Waals surface area contributed by atoms with Gasteiger partial charge in [-0.25, -0.2) is 4.98 Å². The highest BCUT2D eigenvalue weighted by atomic mass is 32.1. The van der Waals surface area contributed by atoms with Crippen LogP contribution >= 0.6 is 11.3 Å². The first-order valence-corrected chi connectivity index (χ1v) is 9.30. The summed E-state index contributed by atoms with van der Waals surface area (Å²) in [5, 5.41) is 1.82. The van der Waals surface area contributed by atoms with E-state index in [4.69, 9.17) is 15.1 Å². The van der Waals surface area contributed by atoms with E-state index in [1.807, 2.05) is 60.7 Å². The Labute approximate surface area is 158 Å². The Morgan fingerprint density at radius 2 is 1.74 bits per heavy atom. The van der Waals surface area contributed by atoms with Gasteiger partial charge >= 0.3 is 0 Å². The number of carbonyl (C=O) groups excluding carboxylic acids is 1. The number of ketones is 1. The summed E-state index contributed by atoms with van der Waals surface area (Å²) >= 11 is 1.32. The summed E-state index contributed by atoms with van der Waals surface area (Å²) in [5.74, 6) is 0.613. The first-order valence-electron chi connectivity index (χ1n) is 8.48. The third kappa shape index (κ3) is 2.60. The third-order valence-electron chi connectivity index (χ3n) is 4.51. The number of carbonyl (C=O) groups is 1. The molecule has 0 spiro atoms. The van der Waals surface area contributed by atoms with Crippen LogP contribution in [0, 0.1) is 0 Å². The molecule has 0 bridgehead atoms. The maximum Gasteiger partial charge on any atom is 0.205 e. The maximum absolute atomic E-state index is 12.8. The number of rotatable bonds is 3. The molecule has 3 aromatic heterocycles. The number of thiophene rings is 1. The monoisotopic (exact) mass is 370 g/mol. The van der Waals surface area contributed by atoms with Crippen molar-refractivity contribution in [3.8, 4) is 11.5 Å². The van der Waals surface area contributed by atoms with Crippen LogP contribution in [0.4, 0.5) is 5.69 Å². The quantitative estimate of drug-likeness (QED) is 0.424. The highest BCUT2D eigenvalue weighted by molar-refractivity contribution is 7.21. The van der Waals surface area contributed by atoms with Crippen LogP contribution in [0.15, 0.2) is 77.2 Å². The number of para-hydroxylation sites is 1. The zero-order chi connectivity index (χ0) is 18.4. The molecule has 0 saturated carbocycles. The van der Waals surface area contributed by atoms with Crippen LogP contribution < -0.4 is 5.73 Å². The number of hydrogen-bond acceptors (Lipinski definition) is 5. The summed E-state index contributed by atoms with van der Waals surface area (Å²) in [6.45, 7) is 0. The van der Waals surface area contributed by atoms with E-state index in [0.29, 0.717) is 21.9 Å². The van der Waals surface area contributed by atoms with Crippen LogP contribution in [0.25, 0.3) is 32.6 Å². The number of hydrogen-bond donors (Lipinski definition) is 1. The van der Waals surface area contributed by atoms with Crippen LogP contribution in [0.1, 0.15) is 15.2 Å². The van der Waals surface area contributed by atoms with Crippen LogP contribution in [0.3, 0.4) is 0 Å². The fourth-order valence-electron chi connectivity index (χ4n) is 3.13. The molecule has 130 valence electrons. The number of anilines is 1. The van der Waals surface area contributed by atoms with Crippen molar-refractivity contribution in [3.63, 3.8) is 0 Å². The van der Waals surface area contributed by atoms with Gasteiger partial charge in [0.25, 0.3) is 0 Å². The minimum Gasteiger partial charge on any atom is -0.454 e. The summed E-state index contributed by atoms with van der Waals surface area (Å²) in [6.07, 6.45) is 0. The summed E-state index contributed by atoms with van der Waals surface area (Å²) in [4.78, 5) is 18.7. The van der Waals surface area contributed by atoms with E-state index >= 15 is 0 Å². The molecule has 4 nitrogen and oxygen atoms in total. The number of nitrogens with zero attached hydrogens (tertiary/aromatic N) is 1. The van der Waals surface area contributed by atoms with Crippen molar-refractivity contribution in [2.75, 3.05) is 5.73 Å². The molecule has 0 unspecified atom stereocenters. The lowest BCUT2D eigenvalue weighted by Crippen LogP contribution is -2.01. The second-order valence-corrected chi connectivity index (χ2v) is 7.24. The lowest BCUT2D eigenvalue weighted by atomic mass is 10.1. The van der Waals surface area contributed by atoms with Crippen molar-refractivity contribution in [2.24, 2.45) is 0 Å². The average molecular weight is 370 g/mol. The van der Waals surface area contributed by atoms with Gasteiger partial charge in [0.15, 0.2) is 5.76 Å². The van der Waals surface area contributed by atoms with Gasteiger partial charge in [0.2, 0.25) is 5.78 Å². The van der Waals surface area contributed by atoms with Crippen LogP contribution in [-0.4, -0.2) is 10.8 Å². The fourth-order valence-corrected chi connectivity index (χ4v) is 4.19. The molecule has 0 aliphatic rings. The lowest BCUT2D eigenvalue weighted by Gasteiger charge is -1.99. The molecule has 0 aliphatic heterocycles. The van der Waals surface area contributed by atoms with Crippen molar-refractivity contribution in [2.45, 2.75) is 0 Å². The number of nitrogens with two attached hydrogens (primary N) is 1. The predicted molar refractivity (Wildman–Crippen MR) is 109 cm³/mol. The third-order valence-corrected chi connectivity index (χ3v) is 5.63. The van der Waals surface area contributed by atoms with E-state index in [0.717, 1.165) is 26.9 Å². The van der Waals surface area contributed by atoms with Gasteiger partial charge < -0.3 is 10.2 Å². The molecule has 0 aliphatic carbocycles. The normalized spacial score (nSPS) is 11.3. The first-order chi connectivity index (χ1) is 13.2. The van der Waals surface area contributed by atoms with Gasteiger partial charge in [-0.1, -0.05) is 48.5 Å². The molecule has 0 saturated heterocycles. The smallest absolute Gasteiger partial charge is 0.205 e. The molecular formula is C22H14N2O2S. The summed E-state index contributed by atoms with van der Waals surface area (Å²) in [6, 6.07) is 22.7. The maximum atomic E-state index is 12.8. The highest BCUT2D eigenvalue weighted by Gasteiger charge is 2.19. The lowest BCUT2D eigenvalue weighted by molar-refractivity contribution is 0.104. The Bertz CT molecular complexity index is 1270. The van der Waals surface area contributed by atoms with Crippen LogP contribution in [0.5, 0.6) is 0 Å². The number of fused-ring (bicyclic) bond motifs is 2. The van der Waals surface area contributed by atoms with Gasteiger partial charge in [0, 0.05) is 16.3 Å². The zero-order valence-electron chi connectivity index (χ0n) is 14.2. The minimum absolute atomic E-state index is 0.0820. The number of pyridine rings is 1. The fraction of sp³-hybridized carbons (Fsp3) is 0. The topological polar surface area (TPSA) is 69.1 Å². The number of furan rings is 1. The van der Waals surface area contributed by atoms with E-state index in [9.17, 15) is 4.79 Å². The summed E-state index contributed by atoms with van der Waals surface area (Å²) in [5.41, 5.74) is 8.89. The van der Waals surface area contributed by atoms with Gasteiger partial charge in [-0.05, 0) is 24.3 Å². The Morgan fingerprint density at radius 1 is 0.963 bits per heavy atom. The standard InChI is InChI=1S/C22H14N2O2S/c23-19-15-10-11-16(18-12-14-8-4-5-9-17(14)26-18)24-22(15)27-21(19)20(25)13-6-2-1-3-7-13/h1-12H,23H2. The van der Waals surface area contributed by atoms with Gasteiger partial charge in [0.05, 0.1) is 5.69 Å². The average Bonchev–Trinajstić information content (AvgIpc) is 3.29. The summed E-state index contributed by atoms with van der Waals surface area (Å²) in [7, 11) is 0. The number of aromatic nitrogens is 1. The molecule has 0 amide bonds. The minimum atomic E-state index is -0.0820. The SMILES string of the molecule is Nc1c(C(=O)c2ccccc2)sc2nc(-c3cc4ccccc4o3)ccc12. The molecule has 5 rings (SSSR count). The van der Waals surface area contributed by atoms with Crippen LogP contribution in [-0.2, 0) is 0 Å². The molecular weight excluding hydrogens is 356 g/mol. The van der Waals surface area contributed by atoms with Crippen molar-refractivity contribution < 1.29 is 9.21 Å². The molecule has 0 atom stereocenters. The summed E-state index contributed by atoms with van der Waals surface area (Å²) < 4.78 is 5.90. The molecule has 2 aromatic carbocycles. The molecule has 5 heteroatoms. The van der Waals surface area contributed by atoms with Gasteiger partial charge in [0.1, 0.15) is 21.0 Å². The van der Waals surface area contributed by atoms with Gasteiger partial charge in [-0.15, -0.1) is 11.3 Å². The largest absolute Gasteiger partial charge is 0.454 e. The van der Waals surface area contributed by atoms with Crippen molar-refractivity contribution in [1.82, 2.24) is 4.98 Å². The van der Waals surface area contributed by atoms with E-state index in [2.05, 4.69) is 0 Å².